The van der Waals surface area contributed by atoms with Crippen molar-refractivity contribution in [3.05, 3.63) is 99.1 Å². The Balaban J connectivity index is 1.59. The zero-order chi connectivity index (χ0) is 18.4. The SMILES string of the molecule is O=C(OCc1cc(=O)c(OCc2ccccc2)co1)c1cccc(Cl)c1. The number of ether oxygens (including phenoxy) is 2. The molecule has 0 saturated heterocycles. The van der Waals surface area contributed by atoms with E-state index in [0.717, 1.165) is 5.56 Å². The van der Waals surface area contributed by atoms with Gasteiger partial charge in [-0.15, -0.1) is 0 Å². The van der Waals surface area contributed by atoms with Crippen LogP contribution < -0.4 is 10.2 Å². The summed E-state index contributed by atoms with van der Waals surface area (Å²) < 4.78 is 15.9. The predicted octanol–water partition coefficient (Wildman–Crippen LogP) is 4.23. The lowest BCUT2D eigenvalue weighted by Gasteiger charge is -2.07. The normalized spacial score (nSPS) is 10.3. The molecule has 0 saturated carbocycles. The number of hydrogen-bond acceptors (Lipinski definition) is 5. The molecule has 132 valence electrons. The highest BCUT2D eigenvalue weighted by atomic mass is 35.5. The van der Waals surface area contributed by atoms with E-state index in [2.05, 4.69) is 0 Å². The molecular weight excluding hydrogens is 356 g/mol. The molecule has 6 heteroatoms. The highest BCUT2D eigenvalue weighted by molar-refractivity contribution is 6.30. The van der Waals surface area contributed by atoms with Crippen molar-refractivity contribution in [3.63, 3.8) is 0 Å². The first-order valence-electron chi connectivity index (χ1n) is 7.83. The third kappa shape index (κ3) is 4.74. The van der Waals surface area contributed by atoms with Crippen LogP contribution in [0, 0.1) is 0 Å². The van der Waals surface area contributed by atoms with Crippen LogP contribution in [0.2, 0.25) is 5.02 Å². The minimum atomic E-state index is -0.556. The highest BCUT2D eigenvalue weighted by Crippen LogP contribution is 2.13. The molecule has 26 heavy (non-hydrogen) atoms. The lowest BCUT2D eigenvalue weighted by Crippen LogP contribution is -2.10. The molecular formula is C20H15ClO5. The fraction of sp³-hybridized carbons (Fsp3) is 0.100. The van der Waals surface area contributed by atoms with Crippen LogP contribution in [0.1, 0.15) is 21.7 Å². The Kier molecular flexibility index (Phi) is 5.71. The van der Waals surface area contributed by atoms with Crippen molar-refractivity contribution in [1.82, 2.24) is 0 Å². The van der Waals surface area contributed by atoms with Crippen molar-refractivity contribution >= 4 is 17.6 Å². The number of hydrogen-bond donors (Lipinski definition) is 0. The molecule has 0 amide bonds. The van der Waals surface area contributed by atoms with Crippen LogP contribution in [0.3, 0.4) is 0 Å². The standard InChI is InChI=1S/C20H15ClO5/c21-16-8-4-7-15(9-16)20(23)26-12-17-10-18(22)19(13-24-17)25-11-14-5-2-1-3-6-14/h1-10,13H,11-12H2. The monoisotopic (exact) mass is 370 g/mol. The number of benzene rings is 2. The average Bonchev–Trinajstić information content (AvgIpc) is 2.66. The summed E-state index contributed by atoms with van der Waals surface area (Å²) >= 11 is 5.84. The van der Waals surface area contributed by atoms with Gasteiger partial charge >= 0.3 is 5.97 Å². The van der Waals surface area contributed by atoms with Crippen molar-refractivity contribution in [2.45, 2.75) is 13.2 Å². The minimum Gasteiger partial charge on any atom is -0.482 e. The first-order chi connectivity index (χ1) is 12.6. The number of carbonyl (C=O) groups excluding carboxylic acids is 1. The predicted molar refractivity (Wildman–Crippen MR) is 96.3 cm³/mol. The van der Waals surface area contributed by atoms with Gasteiger partial charge in [0, 0.05) is 11.1 Å². The lowest BCUT2D eigenvalue weighted by molar-refractivity contribution is 0.0442. The molecule has 3 aromatic rings. The first-order valence-corrected chi connectivity index (χ1v) is 8.21. The summed E-state index contributed by atoms with van der Waals surface area (Å²) in [5, 5.41) is 0.436. The van der Waals surface area contributed by atoms with E-state index >= 15 is 0 Å². The molecule has 2 aromatic carbocycles. The average molecular weight is 371 g/mol. The molecule has 0 N–H and O–H groups in total. The Morgan fingerprint density at radius 1 is 1.00 bits per heavy atom. The maximum absolute atomic E-state index is 12.1. The number of esters is 1. The molecule has 0 aliphatic carbocycles. The third-order valence-electron chi connectivity index (χ3n) is 3.50. The Morgan fingerprint density at radius 3 is 2.54 bits per heavy atom. The van der Waals surface area contributed by atoms with Crippen molar-refractivity contribution in [1.29, 1.82) is 0 Å². The largest absolute Gasteiger partial charge is 0.482 e. The Hall–Kier alpha value is -3.05. The second kappa shape index (κ2) is 8.36. The fourth-order valence-electron chi connectivity index (χ4n) is 2.19. The Bertz CT molecular complexity index is 950. The lowest BCUT2D eigenvalue weighted by atomic mass is 10.2. The van der Waals surface area contributed by atoms with Gasteiger partial charge in [0.15, 0.2) is 0 Å². The van der Waals surface area contributed by atoms with Gasteiger partial charge in [0.05, 0.1) is 5.56 Å². The van der Waals surface area contributed by atoms with Crippen LogP contribution in [0.4, 0.5) is 0 Å². The summed E-state index contributed by atoms with van der Waals surface area (Å²) in [4.78, 5) is 24.0. The molecule has 0 fully saturated rings. The van der Waals surface area contributed by atoms with Crippen molar-refractivity contribution < 1.29 is 18.7 Å². The van der Waals surface area contributed by atoms with E-state index in [-0.39, 0.29) is 30.2 Å². The van der Waals surface area contributed by atoms with Gasteiger partial charge in [0.1, 0.15) is 25.2 Å². The van der Waals surface area contributed by atoms with E-state index in [4.69, 9.17) is 25.5 Å². The first kappa shape index (κ1) is 17.8. The van der Waals surface area contributed by atoms with E-state index in [0.29, 0.717) is 10.6 Å². The molecule has 0 spiro atoms. The summed E-state index contributed by atoms with van der Waals surface area (Å²) in [6.45, 7) is 0.0915. The number of carbonyl (C=O) groups is 1. The molecule has 0 unspecified atom stereocenters. The molecule has 1 heterocycles. The molecule has 5 nitrogen and oxygen atoms in total. The molecule has 0 aliphatic rings. The Morgan fingerprint density at radius 2 is 1.81 bits per heavy atom. The summed E-state index contributed by atoms with van der Waals surface area (Å²) in [7, 11) is 0. The van der Waals surface area contributed by atoms with Crippen LogP contribution in [0.15, 0.2) is 76.1 Å². The second-order valence-corrected chi connectivity index (χ2v) is 5.87. The van der Waals surface area contributed by atoms with Crippen molar-refractivity contribution in [2.75, 3.05) is 0 Å². The van der Waals surface area contributed by atoms with Gasteiger partial charge < -0.3 is 13.9 Å². The Labute approximate surface area is 154 Å². The quantitative estimate of drug-likeness (QED) is 0.607. The van der Waals surface area contributed by atoms with Crippen LogP contribution >= 0.6 is 11.6 Å². The van der Waals surface area contributed by atoms with Crippen molar-refractivity contribution in [2.24, 2.45) is 0 Å². The molecule has 0 atom stereocenters. The van der Waals surface area contributed by atoms with Gasteiger partial charge in [0.2, 0.25) is 11.2 Å². The van der Waals surface area contributed by atoms with E-state index in [9.17, 15) is 9.59 Å². The van der Waals surface area contributed by atoms with E-state index in [1.807, 2.05) is 30.3 Å². The van der Waals surface area contributed by atoms with E-state index in [1.54, 1.807) is 18.2 Å². The zero-order valence-corrected chi connectivity index (χ0v) is 14.4. The molecule has 3 rings (SSSR count). The van der Waals surface area contributed by atoms with Crippen LogP contribution in [0.5, 0.6) is 5.75 Å². The topological polar surface area (TPSA) is 65.7 Å². The van der Waals surface area contributed by atoms with Gasteiger partial charge in [-0.3, -0.25) is 4.79 Å². The number of halogens is 1. The highest BCUT2D eigenvalue weighted by Gasteiger charge is 2.10. The summed E-state index contributed by atoms with van der Waals surface area (Å²) in [6, 6.07) is 17.1. The van der Waals surface area contributed by atoms with Gasteiger partial charge in [0.25, 0.3) is 0 Å². The van der Waals surface area contributed by atoms with Crippen LogP contribution in [-0.4, -0.2) is 5.97 Å². The minimum absolute atomic E-state index is 0.0961. The molecule has 0 bridgehead atoms. The van der Waals surface area contributed by atoms with Gasteiger partial charge in [-0.1, -0.05) is 48.0 Å². The van der Waals surface area contributed by atoms with Gasteiger partial charge in [-0.05, 0) is 23.8 Å². The summed E-state index contributed by atoms with van der Waals surface area (Å²) in [5.41, 5.74) is 0.912. The van der Waals surface area contributed by atoms with Crippen molar-refractivity contribution in [3.8, 4) is 5.75 Å². The van der Waals surface area contributed by atoms with Gasteiger partial charge in [-0.25, -0.2) is 4.79 Å². The summed E-state index contributed by atoms with van der Waals surface area (Å²) in [6.07, 6.45) is 1.22. The fourth-order valence-corrected chi connectivity index (χ4v) is 2.38. The smallest absolute Gasteiger partial charge is 0.338 e. The second-order valence-electron chi connectivity index (χ2n) is 5.44. The van der Waals surface area contributed by atoms with E-state index < -0.39 is 5.97 Å². The van der Waals surface area contributed by atoms with Crippen LogP contribution in [-0.2, 0) is 18.0 Å². The number of rotatable bonds is 6. The van der Waals surface area contributed by atoms with E-state index in [1.165, 1.54) is 18.4 Å². The third-order valence-corrected chi connectivity index (χ3v) is 3.73. The summed E-state index contributed by atoms with van der Waals surface area (Å²) in [5.74, 6) is -0.240. The van der Waals surface area contributed by atoms with Crippen LogP contribution in [0.25, 0.3) is 0 Å². The maximum Gasteiger partial charge on any atom is 0.338 e. The molecule has 0 radical (unpaired) electrons. The van der Waals surface area contributed by atoms with Gasteiger partial charge in [-0.2, -0.15) is 0 Å². The maximum atomic E-state index is 12.1. The zero-order valence-electron chi connectivity index (χ0n) is 13.7. The molecule has 1 aromatic heterocycles. The molecule has 0 aliphatic heterocycles.